The first kappa shape index (κ1) is 12.0. The minimum absolute atomic E-state index is 0.155. The van der Waals surface area contributed by atoms with Gasteiger partial charge in [0.15, 0.2) is 0 Å². The standard InChI is InChI=1S/C11H24N2O/c1-13(2)11(10(8-12)9-14)6-4-3-5-7-11/h10,14H,3-9,12H2,1-2H3/t10-/m0/s1. The highest BCUT2D eigenvalue weighted by atomic mass is 16.3. The molecule has 0 saturated heterocycles. The Kier molecular flexibility index (Phi) is 4.35. The highest BCUT2D eigenvalue weighted by molar-refractivity contribution is 4.96. The molecule has 0 heterocycles. The lowest BCUT2D eigenvalue weighted by Gasteiger charge is -2.47. The fourth-order valence-electron chi connectivity index (χ4n) is 2.85. The van der Waals surface area contributed by atoms with Gasteiger partial charge in [0.05, 0.1) is 0 Å². The van der Waals surface area contributed by atoms with Gasteiger partial charge in [-0.15, -0.1) is 0 Å². The highest BCUT2D eigenvalue weighted by Crippen LogP contribution is 2.37. The molecule has 0 bridgehead atoms. The van der Waals surface area contributed by atoms with E-state index in [0.717, 1.165) is 0 Å². The molecule has 0 aliphatic heterocycles. The van der Waals surface area contributed by atoms with Gasteiger partial charge in [-0.3, -0.25) is 0 Å². The Morgan fingerprint density at radius 2 is 1.86 bits per heavy atom. The molecule has 0 spiro atoms. The number of hydrogen-bond donors (Lipinski definition) is 2. The van der Waals surface area contributed by atoms with Crippen molar-refractivity contribution in [3.8, 4) is 0 Å². The lowest BCUT2D eigenvalue weighted by Crippen LogP contribution is -2.55. The average molecular weight is 200 g/mol. The number of hydrogen-bond acceptors (Lipinski definition) is 3. The zero-order valence-corrected chi connectivity index (χ0v) is 9.50. The van der Waals surface area contributed by atoms with Crippen LogP contribution >= 0.6 is 0 Å². The summed E-state index contributed by atoms with van der Waals surface area (Å²) in [5.74, 6) is 0.234. The summed E-state index contributed by atoms with van der Waals surface area (Å²) in [7, 11) is 4.23. The van der Waals surface area contributed by atoms with Crippen LogP contribution in [0.3, 0.4) is 0 Å². The lowest BCUT2D eigenvalue weighted by molar-refractivity contribution is 0.0130. The Morgan fingerprint density at radius 1 is 1.29 bits per heavy atom. The second-order valence-corrected chi connectivity index (χ2v) is 4.67. The van der Waals surface area contributed by atoms with Gasteiger partial charge in [0.1, 0.15) is 0 Å². The van der Waals surface area contributed by atoms with Crippen molar-refractivity contribution in [3.05, 3.63) is 0 Å². The van der Waals surface area contributed by atoms with E-state index < -0.39 is 0 Å². The first-order chi connectivity index (χ1) is 6.67. The Bertz CT molecular complexity index is 161. The highest BCUT2D eigenvalue weighted by Gasteiger charge is 2.40. The Morgan fingerprint density at radius 3 is 2.21 bits per heavy atom. The van der Waals surface area contributed by atoms with E-state index in [4.69, 9.17) is 5.73 Å². The molecule has 3 heteroatoms. The molecule has 84 valence electrons. The van der Waals surface area contributed by atoms with E-state index in [1.807, 2.05) is 0 Å². The molecule has 3 N–H and O–H groups in total. The molecule has 0 unspecified atom stereocenters. The summed E-state index contributed by atoms with van der Waals surface area (Å²) in [6, 6.07) is 0. The van der Waals surface area contributed by atoms with E-state index in [0.29, 0.717) is 6.54 Å². The second-order valence-electron chi connectivity index (χ2n) is 4.67. The maximum atomic E-state index is 9.39. The van der Waals surface area contributed by atoms with Gasteiger partial charge >= 0.3 is 0 Å². The minimum atomic E-state index is 0.155. The number of rotatable bonds is 4. The van der Waals surface area contributed by atoms with E-state index in [9.17, 15) is 5.11 Å². The van der Waals surface area contributed by atoms with E-state index in [-0.39, 0.29) is 18.1 Å². The lowest BCUT2D eigenvalue weighted by atomic mass is 9.72. The largest absolute Gasteiger partial charge is 0.396 e. The summed E-state index contributed by atoms with van der Waals surface area (Å²) < 4.78 is 0. The van der Waals surface area contributed by atoms with E-state index in [1.165, 1.54) is 32.1 Å². The molecule has 3 nitrogen and oxygen atoms in total. The summed E-state index contributed by atoms with van der Waals surface area (Å²) in [5.41, 5.74) is 5.90. The van der Waals surface area contributed by atoms with Crippen LogP contribution in [0.1, 0.15) is 32.1 Å². The second kappa shape index (κ2) is 5.10. The molecule has 1 aliphatic rings. The van der Waals surface area contributed by atoms with Gasteiger partial charge in [-0.2, -0.15) is 0 Å². The van der Waals surface area contributed by atoms with Crippen molar-refractivity contribution in [2.24, 2.45) is 11.7 Å². The van der Waals surface area contributed by atoms with Gasteiger partial charge in [0, 0.05) is 18.1 Å². The molecule has 0 amide bonds. The monoisotopic (exact) mass is 200 g/mol. The van der Waals surface area contributed by atoms with Crippen molar-refractivity contribution in [3.63, 3.8) is 0 Å². The normalized spacial score (nSPS) is 23.8. The SMILES string of the molecule is CN(C)C1([C@@H](CN)CO)CCCCC1. The summed E-state index contributed by atoms with van der Waals surface area (Å²) in [6.07, 6.45) is 6.24. The van der Waals surface area contributed by atoms with E-state index in [2.05, 4.69) is 19.0 Å². The molecule has 1 atom stereocenters. The number of aliphatic hydroxyl groups is 1. The van der Waals surface area contributed by atoms with E-state index >= 15 is 0 Å². The molecule has 0 aromatic heterocycles. The van der Waals surface area contributed by atoms with Crippen LogP contribution in [-0.2, 0) is 0 Å². The molecule has 1 aliphatic carbocycles. The summed E-state index contributed by atoms with van der Waals surface area (Å²) in [6.45, 7) is 0.809. The first-order valence-corrected chi connectivity index (χ1v) is 5.65. The summed E-state index contributed by atoms with van der Waals surface area (Å²) >= 11 is 0. The van der Waals surface area contributed by atoms with Gasteiger partial charge in [0.25, 0.3) is 0 Å². The van der Waals surface area contributed by atoms with E-state index in [1.54, 1.807) is 0 Å². The zero-order chi connectivity index (χ0) is 10.6. The van der Waals surface area contributed by atoms with Crippen LogP contribution in [-0.4, -0.2) is 42.8 Å². The van der Waals surface area contributed by atoms with Crippen molar-refractivity contribution in [1.82, 2.24) is 4.90 Å². The van der Waals surface area contributed by atoms with Gasteiger partial charge in [-0.05, 0) is 33.5 Å². The van der Waals surface area contributed by atoms with Crippen molar-refractivity contribution in [1.29, 1.82) is 0 Å². The molecule has 0 radical (unpaired) electrons. The van der Waals surface area contributed by atoms with Crippen molar-refractivity contribution >= 4 is 0 Å². The van der Waals surface area contributed by atoms with Crippen LogP contribution < -0.4 is 5.73 Å². The van der Waals surface area contributed by atoms with Crippen LogP contribution in [0, 0.1) is 5.92 Å². The predicted octanol–water partition coefficient (Wildman–Crippen LogP) is 0.818. The minimum Gasteiger partial charge on any atom is -0.396 e. The molecule has 0 aromatic rings. The van der Waals surface area contributed by atoms with Crippen LogP contribution in [0.2, 0.25) is 0 Å². The number of nitrogens with zero attached hydrogens (tertiary/aromatic N) is 1. The fourth-order valence-corrected chi connectivity index (χ4v) is 2.85. The third kappa shape index (κ3) is 2.10. The third-order valence-electron chi connectivity index (χ3n) is 3.87. The molecule has 1 rings (SSSR count). The molecule has 0 aromatic carbocycles. The summed E-state index contributed by atoms with van der Waals surface area (Å²) in [5, 5.41) is 9.39. The van der Waals surface area contributed by atoms with Crippen LogP contribution in [0.5, 0.6) is 0 Å². The quantitative estimate of drug-likeness (QED) is 0.706. The maximum absolute atomic E-state index is 9.39. The van der Waals surface area contributed by atoms with Gasteiger partial charge < -0.3 is 15.7 Å². The predicted molar refractivity (Wildman–Crippen MR) is 59.1 cm³/mol. The Hall–Kier alpha value is -0.120. The first-order valence-electron chi connectivity index (χ1n) is 5.65. The van der Waals surface area contributed by atoms with Crippen LogP contribution in [0.4, 0.5) is 0 Å². The number of aliphatic hydroxyl groups excluding tert-OH is 1. The molecule has 14 heavy (non-hydrogen) atoms. The molecule has 1 fully saturated rings. The fraction of sp³-hybridized carbons (Fsp3) is 1.00. The topological polar surface area (TPSA) is 49.5 Å². The zero-order valence-electron chi connectivity index (χ0n) is 9.50. The van der Waals surface area contributed by atoms with Crippen molar-refractivity contribution in [2.45, 2.75) is 37.6 Å². The van der Waals surface area contributed by atoms with Gasteiger partial charge in [-0.25, -0.2) is 0 Å². The number of nitrogens with two attached hydrogens (primary N) is 1. The maximum Gasteiger partial charge on any atom is 0.0489 e. The average Bonchev–Trinajstić information content (AvgIpc) is 2.21. The summed E-state index contributed by atoms with van der Waals surface area (Å²) in [4.78, 5) is 2.28. The Balaban J connectivity index is 2.78. The Labute approximate surface area is 87.3 Å². The van der Waals surface area contributed by atoms with Crippen molar-refractivity contribution < 1.29 is 5.11 Å². The smallest absolute Gasteiger partial charge is 0.0489 e. The van der Waals surface area contributed by atoms with Crippen LogP contribution in [0.25, 0.3) is 0 Å². The van der Waals surface area contributed by atoms with Crippen LogP contribution in [0.15, 0.2) is 0 Å². The van der Waals surface area contributed by atoms with Gasteiger partial charge in [0.2, 0.25) is 0 Å². The molecular formula is C11H24N2O. The third-order valence-corrected chi connectivity index (χ3v) is 3.87. The van der Waals surface area contributed by atoms with Gasteiger partial charge in [-0.1, -0.05) is 19.3 Å². The van der Waals surface area contributed by atoms with Crippen molar-refractivity contribution in [2.75, 3.05) is 27.2 Å². The molecule has 1 saturated carbocycles. The molecular weight excluding hydrogens is 176 g/mol.